The van der Waals surface area contributed by atoms with Crippen molar-refractivity contribution in [3.8, 4) is 0 Å². The van der Waals surface area contributed by atoms with E-state index in [0.717, 1.165) is 0 Å². The smallest absolute Gasteiger partial charge is 0.320 e. The van der Waals surface area contributed by atoms with Crippen LogP contribution in [0.25, 0.3) is 0 Å². The number of nitrogens with one attached hydrogen (secondary N) is 1. The summed E-state index contributed by atoms with van der Waals surface area (Å²) >= 11 is 1.29. The van der Waals surface area contributed by atoms with Gasteiger partial charge < -0.3 is 9.26 Å². The van der Waals surface area contributed by atoms with Crippen molar-refractivity contribution in [1.82, 2.24) is 5.09 Å². The molecule has 0 amide bonds. The number of hydrogen-bond donors (Lipinski definition) is 1. The standard InChI is InChI=1S/C13H26NO4PS.C2H6/c1-10(2)18-11(15)9-14-19(6)17-7-8-20-12(16)13(3,4)5;1-2/h10,14H,7-9H2,1-6H3;1-2H3. The largest absolute Gasteiger partial charge is 0.462 e. The molecule has 0 aliphatic rings. The number of rotatable bonds is 8. The van der Waals surface area contributed by atoms with E-state index in [2.05, 4.69) is 5.09 Å². The fraction of sp³-hybridized carbons (Fsp3) is 0.867. The predicted octanol–water partition coefficient (Wildman–Crippen LogP) is 3.82. The van der Waals surface area contributed by atoms with Crippen molar-refractivity contribution in [3.63, 3.8) is 0 Å². The Hall–Kier alpha value is -0.160. The van der Waals surface area contributed by atoms with E-state index in [1.54, 1.807) is 0 Å². The minimum Gasteiger partial charge on any atom is -0.462 e. The Morgan fingerprint density at radius 1 is 1.23 bits per heavy atom. The molecule has 0 aromatic rings. The van der Waals surface area contributed by atoms with E-state index >= 15 is 0 Å². The van der Waals surface area contributed by atoms with E-state index in [4.69, 9.17) is 9.26 Å². The predicted molar refractivity (Wildman–Crippen MR) is 96.3 cm³/mol. The molecule has 0 aromatic carbocycles. The molecule has 0 rings (SSSR count). The second kappa shape index (κ2) is 13.3. The summed E-state index contributed by atoms with van der Waals surface area (Å²) in [4.78, 5) is 23.0. The first-order valence-corrected chi connectivity index (χ1v) is 10.3. The monoisotopic (exact) mass is 353 g/mol. The number of carbonyl (C=O) groups excluding carboxylic acids is 2. The van der Waals surface area contributed by atoms with Gasteiger partial charge in [-0.2, -0.15) is 0 Å². The molecule has 1 unspecified atom stereocenters. The van der Waals surface area contributed by atoms with E-state index < -0.39 is 8.30 Å². The van der Waals surface area contributed by atoms with Gasteiger partial charge in [-0.3, -0.25) is 14.7 Å². The van der Waals surface area contributed by atoms with Crippen LogP contribution in [0.5, 0.6) is 0 Å². The van der Waals surface area contributed by atoms with Gasteiger partial charge in [-0.25, -0.2) is 0 Å². The molecule has 0 aromatic heterocycles. The van der Waals surface area contributed by atoms with Crippen molar-refractivity contribution in [3.05, 3.63) is 0 Å². The summed E-state index contributed by atoms with van der Waals surface area (Å²) < 4.78 is 10.5. The van der Waals surface area contributed by atoms with Crippen molar-refractivity contribution in [2.45, 2.75) is 54.6 Å². The Bertz CT molecular complexity index is 319. The molecule has 0 spiro atoms. The molecule has 0 fully saturated rings. The molecule has 1 atom stereocenters. The first kappa shape index (κ1) is 24.1. The summed E-state index contributed by atoms with van der Waals surface area (Å²) in [6.07, 6.45) is -0.104. The van der Waals surface area contributed by atoms with Crippen LogP contribution >= 0.6 is 20.1 Å². The van der Waals surface area contributed by atoms with Gasteiger partial charge in [0, 0.05) is 11.2 Å². The van der Waals surface area contributed by atoms with Gasteiger partial charge in [0.25, 0.3) is 0 Å². The topological polar surface area (TPSA) is 64.6 Å². The Kier molecular flexibility index (Phi) is 14.6. The number of hydrogen-bond acceptors (Lipinski definition) is 6. The highest BCUT2D eigenvalue weighted by molar-refractivity contribution is 8.13. The van der Waals surface area contributed by atoms with Crippen LogP contribution in [0.4, 0.5) is 0 Å². The third-order valence-electron chi connectivity index (χ3n) is 2.03. The second-order valence-electron chi connectivity index (χ2n) is 5.59. The van der Waals surface area contributed by atoms with Gasteiger partial charge in [-0.1, -0.05) is 46.4 Å². The van der Waals surface area contributed by atoms with Crippen molar-refractivity contribution in [2.24, 2.45) is 5.41 Å². The third-order valence-corrected chi connectivity index (χ3v) is 4.45. The maximum Gasteiger partial charge on any atom is 0.320 e. The molecule has 7 heteroatoms. The maximum absolute atomic E-state index is 11.7. The molecule has 0 aliphatic carbocycles. The zero-order valence-electron chi connectivity index (χ0n) is 15.2. The molecule has 0 aliphatic heterocycles. The number of ether oxygens (including phenoxy) is 1. The van der Waals surface area contributed by atoms with Crippen LogP contribution in [0, 0.1) is 5.41 Å². The van der Waals surface area contributed by atoms with Crippen LogP contribution in [0.1, 0.15) is 48.5 Å². The Balaban J connectivity index is 0. The zero-order chi connectivity index (χ0) is 17.8. The van der Waals surface area contributed by atoms with E-state index in [1.807, 2.05) is 55.1 Å². The van der Waals surface area contributed by atoms with E-state index in [-0.39, 0.29) is 29.1 Å². The van der Waals surface area contributed by atoms with Gasteiger partial charge in [0.15, 0.2) is 5.12 Å². The lowest BCUT2D eigenvalue weighted by Crippen LogP contribution is -2.24. The van der Waals surface area contributed by atoms with Crippen molar-refractivity contribution in [2.75, 3.05) is 25.6 Å². The fourth-order valence-electron chi connectivity index (χ4n) is 1.05. The maximum atomic E-state index is 11.7. The average Bonchev–Trinajstić information content (AvgIpc) is 2.41. The quantitative estimate of drug-likeness (QED) is 0.407. The molecule has 22 heavy (non-hydrogen) atoms. The highest BCUT2D eigenvalue weighted by Gasteiger charge is 2.21. The summed E-state index contributed by atoms with van der Waals surface area (Å²) in [5.41, 5.74) is -0.319. The van der Waals surface area contributed by atoms with Gasteiger partial charge in [0.05, 0.1) is 27.6 Å². The van der Waals surface area contributed by atoms with Crippen LogP contribution in [0.15, 0.2) is 0 Å². The van der Waals surface area contributed by atoms with Crippen molar-refractivity contribution in [1.29, 1.82) is 0 Å². The Labute approximate surface area is 141 Å². The fourth-order valence-corrected chi connectivity index (χ4v) is 2.77. The molecule has 0 bridgehead atoms. The first-order chi connectivity index (χ1) is 10.1. The highest BCUT2D eigenvalue weighted by atomic mass is 32.2. The van der Waals surface area contributed by atoms with Crippen LogP contribution in [0.2, 0.25) is 0 Å². The van der Waals surface area contributed by atoms with Gasteiger partial charge in [-0.05, 0) is 20.5 Å². The molecular weight excluding hydrogens is 321 g/mol. The second-order valence-corrected chi connectivity index (χ2v) is 8.23. The minimum absolute atomic E-state index is 0.104. The summed E-state index contributed by atoms with van der Waals surface area (Å²) in [5.74, 6) is 0.344. The number of esters is 1. The minimum atomic E-state index is -0.873. The normalized spacial score (nSPS) is 12.4. The summed E-state index contributed by atoms with van der Waals surface area (Å²) in [7, 11) is -0.873. The van der Waals surface area contributed by atoms with Gasteiger partial charge in [0.1, 0.15) is 0 Å². The van der Waals surface area contributed by atoms with Crippen LogP contribution in [-0.4, -0.2) is 42.8 Å². The lowest BCUT2D eigenvalue weighted by Gasteiger charge is -2.17. The van der Waals surface area contributed by atoms with Crippen molar-refractivity contribution >= 4 is 31.1 Å². The summed E-state index contributed by atoms with van der Waals surface area (Å²) in [6.45, 7) is 15.8. The molecule has 0 saturated carbocycles. The van der Waals surface area contributed by atoms with Crippen LogP contribution < -0.4 is 5.09 Å². The molecule has 0 heterocycles. The van der Waals surface area contributed by atoms with Crippen LogP contribution in [0.3, 0.4) is 0 Å². The molecule has 1 N–H and O–H groups in total. The Morgan fingerprint density at radius 3 is 2.23 bits per heavy atom. The van der Waals surface area contributed by atoms with Gasteiger partial charge >= 0.3 is 5.97 Å². The molecule has 0 saturated heterocycles. The molecule has 0 radical (unpaired) electrons. The van der Waals surface area contributed by atoms with E-state index in [0.29, 0.717) is 12.4 Å². The SMILES string of the molecule is CC.CC(C)OC(=O)CNP(C)OCCSC(=O)C(C)(C)C. The lowest BCUT2D eigenvalue weighted by atomic mass is 10.00. The number of carbonyl (C=O) groups is 2. The van der Waals surface area contributed by atoms with Gasteiger partial charge in [0.2, 0.25) is 0 Å². The first-order valence-electron chi connectivity index (χ1n) is 7.59. The highest BCUT2D eigenvalue weighted by Crippen LogP contribution is 2.27. The van der Waals surface area contributed by atoms with E-state index in [1.165, 1.54) is 11.8 Å². The molecule has 5 nitrogen and oxygen atoms in total. The Morgan fingerprint density at radius 2 is 1.77 bits per heavy atom. The average molecular weight is 353 g/mol. The van der Waals surface area contributed by atoms with Crippen LogP contribution in [-0.2, 0) is 18.8 Å². The summed E-state index contributed by atoms with van der Waals surface area (Å²) in [6, 6.07) is 0. The van der Waals surface area contributed by atoms with Crippen molar-refractivity contribution < 1.29 is 18.8 Å². The van der Waals surface area contributed by atoms with Gasteiger partial charge in [-0.15, -0.1) is 0 Å². The zero-order valence-corrected chi connectivity index (χ0v) is 16.9. The molecular formula is C15H32NO4PS. The van der Waals surface area contributed by atoms with E-state index in [9.17, 15) is 9.59 Å². The third kappa shape index (κ3) is 14.8. The lowest BCUT2D eigenvalue weighted by molar-refractivity contribution is -0.145. The number of thioether (sulfide) groups is 1. The molecule has 132 valence electrons. The summed E-state index contributed by atoms with van der Waals surface area (Å²) in [5, 5.41) is 3.14.